The highest BCUT2D eigenvalue weighted by Crippen LogP contribution is 2.29. The van der Waals surface area contributed by atoms with Gasteiger partial charge in [-0.2, -0.15) is 18.3 Å². The molecule has 30 heavy (non-hydrogen) atoms. The Hall–Kier alpha value is -3.34. The van der Waals surface area contributed by atoms with Crippen molar-refractivity contribution in [3.05, 3.63) is 64.1 Å². The maximum Gasteiger partial charge on any atom is 0.416 e. The van der Waals surface area contributed by atoms with E-state index in [1.54, 1.807) is 4.52 Å². The van der Waals surface area contributed by atoms with Gasteiger partial charge in [-0.15, -0.1) is 0 Å². The number of carbonyl (C=O) groups is 1. The van der Waals surface area contributed by atoms with Gasteiger partial charge in [-0.1, -0.05) is 17.9 Å². The van der Waals surface area contributed by atoms with E-state index in [9.17, 15) is 18.0 Å². The Morgan fingerprint density at radius 2 is 1.97 bits per heavy atom. The van der Waals surface area contributed by atoms with Gasteiger partial charge in [0, 0.05) is 29.4 Å². The van der Waals surface area contributed by atoms with E-state index in [0.717, 1.165) is 40.4 Å². The highest BCUT2D eigenvalue weighted by Gasteiger charge is 2.30. The van der Waals surface area contributed by atoms with Crippen LogP contribution in [0.1, 0.15) is 40.2 Å². The van der Waals surface area contributed by atoms with E-state index in [1.165, 1.54) is 12.1 Å². The highest BCUT2D eigenvalue weighted by molar-refractivity contribution is 5.76. The molecule has 156 valence electrons. The van der Waals surface area contributed by atoms with Gasteiger partial charge in [0.2, 0.25) is 5.91 Å². The predicted octanol–water partition coefficient (Wildman–Crippen LogP) is 3.77. The Balaban J connectivity index is 1.57. The molecule has 1 N–H and O–H groups in total. The third-order valence-corrected chi connectivity index (χ3v) is 4.68. The number of hydrogen-bond donors (Lipinski definition) is 1. The van der Waals surface area contributed by atoms with Gasteiger partial charge in [-0.3, -0.25) is 4.79 Å². The maximum absolute atomic E-state index is 12.7. The summed E-state index contributed by atoms with van der Waals surface area (Å²) in [6.07, 6.45) is -3.65. The summed E-state index contributed by atoms with van der Waals surface area (Å²) in [5.41, 5.74) is 3.93. The lowest BCUT2D eigenvalue weighted by atomic mass is 10.1. The van der Waals surface area contributed by atoms with Gasteiger partial charge in [0.05, 0.1) is 17.8 Å². The number of nitrogens with zero attached hydrogens (tertiary/aromatic N) is 3. The van der Waals surface area contributed by atoms with Crippen LogP contribution in [0.25, 0.3) is 5.65 Å². The third kappa shape index (κ3) is 4.98. The molecule has 2 heterocycles. The Bertz CT molecular complexity index is 1150. The third-order valence-electron chi connectivity index (χ3n) is 4.68. The molecule has 3 aromatic rings. The predicted molar refractivity (Wildman–Crippen MR) is 107 cm³/mol. The fourth-order valence-corrected chi connectivity index (χ4v) is 3.19. The molecule has 5 nitrogen and oxygen atoms in total. The number of carbonyl (C=O) groups excluding carboxylic acids is 1. The van der Waals surface area contributed by atoms with Crippen LogP contribution < -0.4 is 5.32 Å². The van der Waals surface area contributed by atoms with Crippen molar-refractivity contribution in [3.63, 3.8) is 0 Å². The molecule has 0 spiro atoms. The van der Waals surface area contributed by atoms with Gasteiger partial charge >= 0.3 is 6.18 Å². The van der Waals surface area contributed by atoms with Crippen molar-refractivity contribution in [1.29, 1.82) is 0 Å². The molecule has 0 saturated heterocycles. The second-order valence-corrected chi connectivity index (χ2v) is 6.97. The number of rotatable bonds is 4. The van der Waals surface area contributed by atoms with Crippen LogP contribution in [0.2, 0.25) is 0 Å². The number of aromatic nitrogens is 3. The molecule has 1 amide bonds. The van der Waals surface area contributed by atoms with Crippen LogP contribution in [0.3, 0.4) is 0 Å². The molecule has 0 unspecified atom stereocenters. The van der Waals surface area contributed by atoms with Crippen LogP contribution >= 0.6 is 0 Å². The molecule has 0 aliphatic rings. The van der Waals surface area contributed by atoms with E-state index < -0.39 is 11.7 Å². The van der Waals surface area contributed by atoms with E-state index >= 15 is 0 Å². The SMILES string of the molecule is Cc1cc2nc(C)c(CCC(=O)NCC#Cc3cccc(C(F)(F)F)c3)c(C)n2n1. The van der Waals surface area contributed by atoms with Crippen molar-refractivity contribution in [1.82, 2.24) is 19.9 Å². The Labute approximate surface area is 172 Å². The largest absolute Gasteiger partial charge is 0.416 e. The van der Waals surface area contributed by atoms with Crippen LogP contribution in [0.15, 0.2) is 30.3 Å². The van der Waals surface area contributed by atoms with Crippen molar-refractivity contribution in [2.45, 2.75) is 39.8 Å². The molecule has 0 aliphatic carbocycles. The van der Waals surface area contributed by atoms with Gasteiger partial charge in [0.15, 0.2) is 5.65 Å². The zero-order valence-corrected chi connectivity index (χ0v) is 16.9. The molecule has 0 saturated carbocycles. The summed E-state index contributed by atoms with van der Waals surface area (Å²) in [7, 11) is 0. The quantitative estimate of drug-likeness (QED) is 0.661. The van der Waals surface area contributed by atoms with Gasteiger partial charge in [0.1, 0.15) is 0 Å². The smallest absolute Gasteiger partial charge is 0.345 e. The molecule has 3 rings (SSSR count). The van der Waals surface area contributed by atoms with Crippen molar-refractivity contribution in [3.8, 4) is 11.8 Å². The summed E-state index contributed by atoms with van der Waals surface area (Å²) < 4.78 is 39.9. The first-order valence-electron chi connectivity index (χ1n) is 9.40. The minimum Gasteiger partial charge on any atom is -0.345 e. The van der Waals surface area contributed by atoms with Crippen molar-refractivity contribution in [2.24, 2.45) is 0 Å². The fraction of sp³-hybridized carbons (Fsp3) is 0.318. The lowest BCUT2D eigenvalue weighted by Crippen LogP contribution is -2.24. The molecule has 0 bridgehead atoms. The lowest BCUT2D eigenvalue weighted by molar-refractivity contribution is -0.137. The van der Waals surface area contributed by atoms with E-state index in [1.807, 2.05) is 26.8 Å². The maximum atomic E-state index is 12.7. The van der Waals surface area contributed by atoms with Crippen LogP contribution in [0.5, 0.6) is 0 Å². The average Bonchev–Trinajstić information content (AvgIpc) is 3.05. The van der Waals surface area contributed by atoms with Crippen LogP contribution in [0.4, 0.5) is 13.2 Å². The van der Waals surface area contributed by atoms with Crippen molar-refractivity contribution < 1.29 is 18.0 Å². The van der Waals surface area contributed by atoms with E-state index in [4.69, 9.17) is 0 Å². The summed E-state index contributed by atoms with van der Waals surface area (Å²) in [5.74, 6) is 5.13. The summed E-state index contributed by atoms with van der Waals surface area (Å²) in [4.78, 5) is 16.7. The minimum absolute atomic E-state index is 0.0582. The van der Waals surface area contributed by atoms with Crippen LogP contribution in [0, 0.1) is 32.6 Å². The first-order chi connectivity index (χ1) is 14.1. The number of alkyl halides is 3. The number of benzene rings is 1. The minimum atomic E-state index is -4.41. The average molecular weight is 414 g/mol. The fourth-order valence-electron chi connectivity index (χ4n) is 3.19. The Morgan fingerprint density at radius 3 is 2.70 bits per heavy atom. The normalized spacial score (nSPS) is 11.3. The van der Waals surface area contributed by atoms with Gasteiger partial charge in [0.25, 0.3) is 0 Å². The van der Waals surface area contributed by atoms with E-state index in [-0.39, 0.29) is 24.4 Å². The first-order valence-corrected chi connectivity index (χ1v) is 9.40. The second-order valence-electron chi connectivity index (χ2n) is 6.97. The molecule has 0 radical (unpaired) electrons. The summed E-state index contributed by atoms with van der Waals surface area (Å²) in [6, 6.07) is 6.69. The Morgan fingerprint density at radius 1 is 1.20 bits per heavy atom. The second kappa shape index (κ2) is 8.57. The molecule has 1 aromatic carbocycles. The molecular formula is C22H21F3N4O. The van der Waals surface area contributed by atoms with Crippen molar-refractivity contribution >= 4 is 11.6 Å². The monoisotopic (exact) mass is 414 g/mol. The number of aryl methyl sites for hydroxylation is 3. The number of amides is 1. The Kier molecular flexibility index (Phi) is 6.11. The standard InChI is InChI=1S/C22H21F3N4O/c1-14-12-20-27-15(2)19(16(3)29(20)28-14)9-10-21(30)26-11-5-7-17-6-4-8-18(13-17)22(23,24)25/h4,6,8,12-13H,9-11H2,1-3H3,(H,26,30). The van der Waals surface area contributed by atoms with Crippen LogP contribution in [-0.4, -0.2) is 27.0 Å². The lowest BCUT2D eigenvalue weighted by Gasteiger charge is -2.10. The van der Waals surface area contributed by atoms with Crippen LogP contribution in [-0.2, 0) is 17.4 Å². The van der Waals surface area contributed by atoms with E-state index in [0.29, 0.717) is 6.42 Å². The van der Waals surface area contributed by atoms with Gasteiger partial charge in [-0.25, -0.2) is 9.50 Å². The zero-order chi connectivity index (χ0) is 21.9. The molecule has 0 fully saturated rings. The molecule has 0 atom stereocenters. The number of nitrogens with one attached hydrogen (secondary N) is 1. The highest BCUT2D eigenvalue weighted by atomic mass is 19.4. The molecule has 2 aromatic heterocycles. The number of fused-ring (bicyclic) bond motifs is 1. The first kappa shape index (κ1) is 21.4. The zero-order valence-electron chi connectivity index (χ0n) is 16.9. The summed E-state index contributed by atoms with van der Waals surface area (Å²) in [6.45, 7) is 5.81. The molecular weight excluding hydrogens is 393 g/mol. The summed E-state index contributed by atoms with van der Waals surface area (Å²) >= 11 is 0. The summed E-state index contributed by atoms with van der Waals surface area (Å²) in [5, 5.41) is 7.09. The molecule has 0 aliphatic heterocycles. The van der Waals surface area contributed by atoms with E-state index in [2.05, 4.69) is 27.2 Å². The van der Waals surface area contributed by atoms with Gasteiger partial charge < -0.3 is 5.32 Å². The number of halogens is 3. The number of hydrogen-bond acceptors (Lipinski definition) is 3. The topological polar surface area (TPSA) is 59.3 Å². The van der Waals surface area contributed by atoms with Crippen molar-refractivity contribution in [2.75, 3.05) is 6.54 Å². The molecule has 8 heteroatoms. The van der Waals surface area contributed by atoms with Gasteiger partial charge in [-0.05, 0) is 51.0 Å².